The largest absolute Gasteiger partial charge is 0.507 e. The van der Waals surface area contributed by atoms with E-state index in [4.69, 9.17) is 4.74 Å². The lowest BCUT2D eigenvalue weighted by atomic mass is 9.95. The van der Waals surface area contributed by atoms with E-state index in [1.165, 1.54) is 24.1 Å². The second-order valence-corrected chi connectivity index (χ2v) is 7.80. The fourth-order valence-corrected chi connectivity index (χ4v) is 4.36. The Labute approximate surface area is 180 Å². The Kier molecular flexibility index (Phi) is 6.04. The minimum absolute atomic E-state index is 0.0426. The molecule has 4 rings (SSSR count). The molecule has 2 fully saturated rings. The first-order valence-corrected chi connectivity index (χ1v) is 10.4. The van der Waals surface area contributed by atoms with Crippen LogP contribution in [0.3, 0.4) is 0 Å². The Balaban J connectivity index is 1.79. The molecule has 1 N–H and O–H groups in total. The molecular weight excluding hydrogens is 399 g/mol. The average molecular weight is 424 g/mol. The van der Waals surface area contributed by atoms with Crippen LogP contribution in [0.1, 0.15) is 30.0 Å². The first-order chi connectivity index (χ1) is 15.0. The monoisotopic (exact) mass is 424 g/mol. The van der Waals surface area contributed by atoms with Crippen LogP contribution in [0.5, 0.6) is 5.75 Å². The number of Topliss-reactive ketones (excluding diaryl/α,β-unsaturated/α-hetero) is 1. The van der Waals surface area contributed by atoms with Crippen molar-refractivity contribution >= 4 is 17.4 Å². The van der Waals surface area contributed by atoms with Crippen LogP contribution in [0.15, 0.2) is 54.1 Å². The SMILES string of the molecule is COc1ccc(F)cc1/C(O)=C1\C(=O)C(=O)N(CCN2CCCC2)C1c1ccccc1. The second-order valence-electron chi connectivity index (χ2n) is 7.80. The molecule has 0 radical (unpaired) electrons. The summed E-state index contributed by atoms with van der Waals surface area (Å²) in [6.45, 7) is 2.96. The van der Waals surface area contributed by atoms with Gasteiger partial charge in [0.05, 0.1) is 24.3 Å². The molecule has 2 saturated heterocycles. The number of hydrogen-bond acceptors (Lipinski definition) is 5. The lowest BCUT2D eigenvalue weighted by Crippen LogP contribution is -2.37. The number of carbonyl (C=O) groups is 2. The maximum absolute atomic E-state index is 13.9. The number of aliphatic hydroxyl groups is 1. The van der Waals surface area contributed by atoms with Crippen LogP contribution in [0.2, 0.25) is 0 Å². The number of benzene rings is 2. The predicted octanol–water partition coefficient (Wildman–Crippen LogP) is 3.35. The molecule has 7 heteroatoms. The number of amides is 1. The molecule has 1 atom stereocenters. The molecule has 2 aromatic carbocycles. The lowest BCUT2D eigenvalue weighted by molar-refractivity contribution is -0.140. The highest BCUT2D eigenvalue weighted by Gasteiger charge is 2.46. The van der Waals surface area contributed by atoms with Gasteiger partial charge in [-0.05, 0) is 49.7 Å². The Morgan fingerprint density at radius 2 is 1.81 bits per heavy atom. The van der Waals surface area contributed by atoms with Gasteiger partial charge in [0.25, 0.3) is 11.7 Å². The number of methoxy groups -OCH3 is 1. The molecule has 0 bridgehead atoms. The minimum atomic E-state index is -0.779. The molecule has 31 heavy (non-hydrogen) atoms. The van der Waals surface area contributed by atoms with Gasteiger partial charge in [-0.2, -0.15) is 0 Å². The summed E-state index contributed by atoms with van der Waals surface area (Å²) < 4.78 is 19.2. The van der Waals surface area contributed by atoms with Crippen molar-refractivity contribution in [1.82, 2.24) is 9.80 Å². The van der Waals surface area contributed by atoms with Gasteiger partial charge in [0.15, 0.2) is 0 Å². The number of nitrogens with zero attached hydrogens (tertiary/aromatic N) is 2. The fourth-order valence-electron chi connectivity index (χ4n) is 4.36. The summed E-state index contributed by atoms with van der Waals surface area (Å²) in [5.74, 6) is -2.24. The fraction of sp³-hybridized carbons (Fsp3) is 0.333. The van der Waals surface area contributed by atoms with Gasteiger partial charge in [-0.3, -0.25) is 9.59 Å². The minimum Gasteiger partial charge on any atom is -0.507 e. The molecule has 162 valence electrons. The van der Waals surface area contributed by atoms with Crippen molar-refractivity contribution in [3.05, 3.63) is 71.0 Å². The Morgan fingerprint density at radius 1 is 1.10 bits per heavy atom. The van der Waals surface area contributed by atoms with Gasteiger partial charge in [-0.15, -0.1) is 0 Å². The van der Waals surface area contributed by atoms with E-state index in [0.717, 1.165) is 32.0 Å². The summed E-state index contributed by atoms with van der Waals surface area (Å²) in [6.07, 6.45) is 2.25. The zero-order valence-electron chi connectivity index (χ0n) is 17.4. The van der Waals surface area contributed by atoms with Crippen molar-refractivity contribution in [2.45, 2.75) is 18.9 Å². The molecule has 2 aromatic rings. The molecule has 1 unspecified atom stereocenters. The number of ether oxygens (including phenoxy) is 1. The normalized spacial score (nSPS) is 21.1. The number of carbonyl (C=O) groups excluding carboxylic acids is 2. The molecule has 2 aliphatic heterocycles. The summed E-state index contributed by atoms with van der Waals surface area (Å²) in [6, 6.07) is 12.0. The van der Waals surface area contributed by atoms with Crippen LogP contribution in [0, 0.1) is 5.82 Å². The molecule has 1 amide bonds. The Hall–Kier alpha value is -3.19. The van der Waals surface area contributed by atoms with Crippen molar-refractivity contribution in [2.24, 2.45) is 0 Å². The smallest absolute Gasteiger partial charge is 0.295 e. The third-order valence-corrected chi connectivity index (χ3v) is 5.93. The standard InChI is InChI=1S/C24H25FN2O4/c1-31-19-10-9-17(25)15-18(19)22(28)20-21(16-7-3-2-4-8-16)27(24(30)23(20)29)14-13-26-11-5-6-12-26/h2-4,7-10,15,21,28H,5-6,11-14H2,1H3/b22-20+. The van der Waals surface area contributed by atoms with Crippen molar-refractivity contribution < 1.29 is 23.8 Å². The molecule has 0 saturated carbocycles. The molecule has 2 aliphatic rings. The number of ketones is 1. The molecule has 0 spiro atoms. The van der Waals surface area contributed by atoms with E-state index < -0.39 is 29.3 Å². The second kappa shape index (κ2) is 8.89. The summed E-state index contributed by atoms with van der Waals surface area (Å²) in [4.78, 5) is 29.8. The summed E-state index contributed by atoms with van der Waals surface area (Å²) in [5, 5.41) is 11.1. The predicted molar refractivity (Wildman–Crippen MR) is 114 cm³/mol. The number of halogens is 1. The van der Waals surface area contributed by atoms with E-state index in [0.29, 0.717) is 18.7 Å². The number of rotatable bonds is 6. The zero-order chi connectivity index (χ0) is 22.0. The van der Waals surface area contributed by atoms with Crippen LogP contribution in [0.4, 0.5) is 4.39 Å². The topological polar surface area (TPSA) is 70.1 Å². The van der Waals surface area contributed by atoms with Crippen LogP contribution >= 0.6 is 0 Å². The highest BCUT2D eigenvalue weighted by molar-refractivity contribution is 6.46. The highest BCUT2D eigenvalue weighted by Crippen LogP contribution is 2.40. The van der Waals surface area contributed by atoms with Gasteiger partial charge in [0.1, 0.15) is 17.3 Å². The van der Waals surface area contributed by atoms with E-state index in [1.54, 1.807) is 0 Å². The molecule has 0 aliphatic carbocycles. The number of aliphatic hydroxyl groups excluding tert-OH is 1. The van der Waals surface area contributed by atoms with Crippen molar-refractivity contribution in [1.29, 1.82) is 0 Å². The maximum Gasteiger partial charge on any atom is 0.295 e. The number of likely N-dealkylation sites (tertiary alicyclic amines) is 2. The van der Waals surface area contributed by atoms with Gasteiger partial charge >= 0.3 is 0 Å². The van der Waals surface area contributed by atoms with Gasteiger partial charge in [0.2, 0.25) is 0 Å². The molecule has 6 nitrogen and oxygen atoms in total. The van der Waals surface area contributed by atoms with E-state index in [-0.39, 0.29) is 16.9 Å². The molecule has 2 heterocycles. The number of hydrogen-bond donors (Lipinski definition) is 1. The highest BCUT2D eigenvalue weighted by atomic mass is 19.1. The quantitative estimate of drug-likeness (QED) is 0.438. The first-order valence-electron chi connectivity index (χ1n) is 10.4. The van der Waals surface area contributed by atoms with Gasteiger partial charge in [0, 0.05) is 13.1 Å². The van der Waals surface area contributed by atoms with Gasteiger partial charge in [-0.25, -0.2) is 4.39 Å². The third kappa shape index (κ3) is 4.05. The molecular formula is C24H25FN2O4. The van der Waals surface area contributed by atoms with Crippen LogP contribution in [-0.4, -0.2) is 59.9 Å². The van der Waals surface area contributed by atoms with Crippen LogP contribution in [0.25, 0.3) is 5.76 Å². The summed E-state index contributed by atoms with van der Waals surface area (Å²) in [7, 11) is 1.40. The van der Waals surface area contributed by atoms with Crippen LogP contribution < -0.4 is 4.74 Å². The van der Waals surface area contributed by atoms with Crippen LogP contribution in [-0.2, 0) is 9.59 Å². The molecule has 0 aromatic heterocycles. The van der Waals surface area contributed by atoms with Crippen molar-refractivity contribution in [3.8, 4) is 5.75 Å². The van der Waals surface area contributed by atoms with Crippen molar-refractivity contribution in [2.75, 3.05) is 33.3 Å². The van der Waals surface area contributed by atoms with Gasteiger partial charge < -0.3 is 19.6 Å². The summed E-state index contributed by atoms with van der Waals surface area (Å²) >= 11 is 0. The average Bonchev–Trinajstić information content (AvgIpc) is 3.39. The summed E-state index contributed by atoms with van der Waals surface area (Å²) in [5.41, 5.74) is 0.697. The Bertz CT molecular complexity index is 1020. The van der Waals surface area contributed by atoms with Crippen molar-refractivity contribution in [3.63, 3.8) is 0 Å². The van der Waals surface area contributed by atoms with E-state index in [9.17, 15) is 19.1 Å². The first kappa shape index (κ1) is 21.1. The Morgan fingerprint density at radius 3 is 2.48 bits per heavy atom. The third-order valence-electron chi connectivity index (χ3n) is 5.93. The maximum atomic E-state index is 13.9. The van der Waals surface area contributed by atoms with E-state index in [1.807, 2.05) is 30.3 Å². The lowest BCUT2D eigenvalue weighted by Gasteiger charge is -2.27. The van der Waals surface area contributed by atoms with E-state index in [2.05, 4.69) is 4.90 Å². The van der Waals surface area contributed by atoms with E-state index >= 15 is 0 Å². The van der Waals surface area contributed by atoms with Gasteiger partial charge in [-0.1, -0.05) is 30.3 Å². The zero-order valence-corrected chi connectivity index (χ0v) is 17.4.